The van der Waals surface area contributed by atoms with Gasteiger partial charge in [-0.15, -0.1) is 0 Å². The SMILES string of the molecule is CC(C[CH-]P(c1ccccc1)c1ccccc1)P(c1ccccc1)c1ccccc1.[Rb+]. The van der Waals surface area contributed by atoms with Crippen molar-refractivity contribution in [3.8, 4) is 0 Å². The molecular formula is C28H27P2Rb. The molecule has 0 heterocycles. The van der Waals surface area contributed by atoms with Crippen LogP contribution in [-0.2, 0) is 0 Å². The summed E-state index contributed by atoms with van der Waals surface area (Å²) >= 11 is 0. The molecule has 0 fully saturated rings. The van der Waals surface area contributed by atoms with E-state index in [2.05, 4.69) is 134 Å². The van der Waals surface area contributed by atoms with E-state index in [1.54, 1.807) is 0 Å². The molecule has 0 spiro atoms. The van der Waals surface area contributed by atoms with E-state index >= 15 is 0 Å². The minimum Gasteiger partial charge on any atom is -0.293 e. The second kappa shape index (κ2) is 13.3. The van der Waals surface area contributed by atoms with E-state index in [4.69, 9.17) is 0 Å². The van der Waals surface area contributed by atoms with Crippen LogP contribution >= 0.6 is 15.8 Å². The Morgan fingerprint density at radius 3 is 1.23 bits per heavy atom. The van der Waals surface area contributed by atoms with Crippen LogP contribution in [0.15, 0.2) is 121 Å². The van der Waals surface area contributed by atoms with Crippen molar-refractivity contribution in [2.75, 3.05) is 0 Å². The third-order valence-corrected chi connectivity index (χ3v) is 10.3. The minimum absolute atomic E-state index is 0. The van der Waals surface area contributed by atoms with E-state index in [0.29, 0.717) is 5.66 Å². The van der Waals surface area contributed by atoms with Crippen LogP contribution in [0.4, 0.5) is 0 Å². The van der Waals surface area contributed by atoms with Crippen LogP contribution in [-0.4, -0.2) is 5.66 Å². The first kappa shape index (κ1) is 25.2. The summed E-state index contributed by atoms with van der Waals surface area (Å²) in [7, 11) is -0.862. The molecule has 0 aliphatic heterocycles. The molecule has 0 amide bonds. The molecule has 0 radical (unpaired) electrons. The zero-order chi connectivity index (χ0) is 20.6. The standard InChI is InChI=1S/C28H27P2.Rb/c1-24(30(27-18-10-4-11-19-27)28-20-12-5-13-21-28)22-23-29(25-14-6-2-7-15-25)26-16-8-3-9-17-26;/h2-21,23-24H,22H2,1H3;/q-1;+1. The van der Waals surface area contributed by atoms with Crippen molar-refractivity contribution in [3.63, 3.8) is 0 Å². The topological polar surface area (TPSA) is 0 Å². The van der Waals surface area contributed by atoms with Crippen molar-refractivity contribution in [1.82, 2.24) is 0 Å². The Bertz CT molecular complexity index is 929. The van der Waals surface area contributed by atoms with Gasteiger partial charge in [-0.1, -0.05) is 139 Å². The molecule has 0 nitrogen and oxygen atoms in total. The quantitative estimate of drug-likeness (QED) is 0.252. The number of hydrogen-bond acceptors (Lipinski definition) is 0. The predicted octanol–water partition coefficient (Wildman–Crippen LogP) is 3.20. The molecule has 0 bridgehead atoms. The first-order valence-corrected chi connectivity index (χ1v) is 13.3. The predicted molar refractivity (Wildman–Crippen MR) is 137 cm³/mol. The van der Waals surface area contributed by atoms with Gasteiger partial charge in [0.25, 0.3) is 0 Å². The monoisotopic (exact) mass is 510 g/mol. The third-order valence-electron chi connectivity index (χ3n) is 5.21. The molecule has 0 N–H and O–H groups in total. The summed E-state index contributed by atoms with van der Waals surface area (Å²) < 4.78 is 0. The molecule has 0 aliphatic carbocycles. The molecule has 4 aromatic carbocycles. The van der Waals surface area contributed by atoms with Gasteiger partial charge in [0.2, 0.25) is 0 Å². The average Bonchev–Trinajstić information content (AvgIpc) is 2.82. The molecule has 0 aromatic heterocycles. The fourth-order valence-corrected chi connectivity index (χ4v) is 8.75. The molecule has 3 heteroatoms. The Hall–Kier alpha value is -0.455. The van der Waals surface area contributed by atoms with Crippen LogP contribution in [0.25, 0.3) is 0 Å². The summed E-state index contributed by atoms with van der Waals surface area (Å²) in [5.74, 6) is 0. The van der Waals surface area contributed by atoms with E-state index in [1.807, 2.05) is 0 Å². The second-order valence-corrected chi connectivity index (χ2v) is 12.1. The maximum Gasteiger partial charge on any atom is 1.00 e. The normalized spacial score (nSPS) is 11.8. The van der Waals surface area contributed by atoms with E-state index in [9.17, 15) is 0 Å². The van der Waals surface area contributed by atoms with Crippen LogP contribution in [0.3, 0.4) is 0 Å². The molecular weight excluding hydrogens is 484 g/mol. The van der Waals surface area contributed by atoms with Gasteiger partial charge in [0.05, 0.1) is 0 Å². The summed E-state index contributed by atoms with van der Waals surface area (Å²) in [5.41, 5.74) is 0.572. The van der Waals surface area contributed by atoms with Gasteiger partial charge < -0.3 is 0 Å². The summed E-state index contributed by atoms with van der Waals surface area (Å²) in [6.45, 7) is 2.42. The van der Waals surface area contributed by atoms with Crippen molar-refractivity contribution in [3.05, 3.63) is 127 Å². The van der Waals surface area contributed by atoms with Crippen LogP contribution in [0.1, 0.15) is 13.3 Å². The zero-order valence-electron chi connectivity index (χ0n) is 18.3. The van der Waals surface area contributed by atoms with Crippen LogP contribution < -0.4 is 79.4 Å². The summed E-state index contributed by atoms with van der Waals surface area (Å²) in [5, 5.41) is 5.77. The Balaban J connectivity index is 0.00000272. The molecule has 4 rings (SSSR count). The fourth-order valence-electron chi connectivity index (χ4n) is 3.74. The van der Waals surface area contributed by atoms with E-state index < -0.39 is 15.8 Å². The van der Waals surface area contributed by atoms with Crippen molar-refractivity contribution in [1.29, 1.82) is 0 Å². The van der Waals surface area contributed by atoms with E-state index in [0.717, 1.165) is 6.42 Å². The Labute approximate surface area is 238 Å². The van der Waals surface area contributed by atoms with Crippen LogP contribution in [0, 0.1) is 6.16 Å². The van der Waals surface area contributed by atoms with Gasteiger partial charge in [-0.25, -0.2) is 7.92 Å². The Morgan fingerprint density at radius 2 is 0.871 bits per heavy atom. The molecule has 1 unspecified atom stereocenters. The smallest absolute Gasteiger partial charge is 0.293 e. The van der Waals surface area contributed by atoms with Gasteiger partial charge in [-0.05, 0) is 24.2 Å². The van der Waals surface area contributed by atoms with Gasteiger partial charge >= 0.3 is 58.2 Å². The van der Waals surface area contributed by atoms with Crippen LogP contribution in [0.2, 0.25) is 0 Å². The van der Waals surface area contributed by atoms with Gasteiger partial charge in [-0.3, -0.25) is 6.16 Å². The Morgan fingerprint density at radius 1 is 0.548 bits per heavy atom. The van der Waals surface area contributed by atoms with Crippen LogP contribution in [0.5, 0.6) is 0 Å². The molecule has 1 atom stereocenters. The van der Waals surface area contributed by atoms with E-state index in [-0.39, 0.29) is 58.2 Å². The van der Waals surface area contributed by atoms with Crippen molar-refractivity contribution in [2.45, 2.75) is 19.0 Å². The van der Waals surface area contributed by atoms with Gasteiger partial charge in [-0.2, -0.15) is 6.42 Å². The largest absolute Gasteiger partial charge is 1.00 e. The van der Waals surface area contributed by atoms with E-state index in [1.165, 1.54) is 21.2 Å². The van der Waals surface area contributed by atoms with Gasteiger partial charge in [0.15, 0.2) is 0 Å². The second-order valence-electron chi connectivity index (χ2n) is 7.35. The van der Waals surface area contributed by atoms with Crippen molar-refractivity contribution in [2.24, 2.45) is 0 Å². The maximum atomic E-state index is 2.59. The first-order chi connectivity index (χ1) is 14.8. The summed E-state index contributed by atoms with van der Waals surface area (Å²) in [4.78, 5) is 0. The molecule has 0 saturated heterocycles. The minimum atomic E-state index is -0.461. The van der Waals surface area contributed by atoms with Crippen molar-refractivity contribution < 1.29 is 58.2 Å². The average molecular weight is 511 g/mol. The molecule has 150 valence electrons. The number of benzene rings is 4. The Kier molecular flexibility index (Phi) is 10.8. The first-order valence-electron chi connectivity index (χ1n) is 10.4. The zero-order valence-corrected chi connectivity index (χ0v) is 25.0. The van der Waals surface area contributed by atoms with Crippen molar-refractivity contribution >= 4 is 37.1 Å². The number of hydrogen-bond donors (Lipinski definition) is 0. The number of rotatable bonds is 8. The van der Waals surface area contributed by atoms with Gasteiger partial charge in [0, 0.05) is 0 Å². The maximum absolute atomic E-state index is 2.59. The van der Waals surface area contributed by atoms with Gasteiger partial charge in [0.1, 0.15) is 0 Å². The molecule has 4 aromatic rings. The summed E-state index contributed by atoms with van der Waals surface area (Å²) in [6, 6.07) is 44.1. The third kappa shape index (κ3) is 7.01. The fraction of sp³-hybridized carbons (Fsp3) is 0.107. The molecule has 0 aliphatic rings. The summed E-state index contributed by atoms with van der Waals surface area (Å²) in [6.07, 6.45) is 3.69. The molecule has 31 heavy (non-hydrogen) atoms. The molecule has 0 saturated carbocycles.